The monoisotopic (exact) mass is 284 g/mol. The number of rotatable bonds is 3. The molecule has 0 bridgehead atoms. The molecule has 0 aromatic heterocycles. The van der Waals surface area contributed by atoms with E-state index in [0.29, 0.717) is 12.4 Å². The Kier molecular flexibility index (Phi) is 4.05. The van der Waals surface area contributed by atoms with Gasteiger partial charge in [-0.15, -0.1) is 0 Å². The molecule has 0 saturated carbocycles. The Balaban J connectivity index is 2.15. The predicted octanol–water partition coefficient (Wildman–Crippen LogP) is 4.27. The molecule has 1 aliphatic rings. The molecule has 106 valence electrons. The molecule has 0 radical (unpaired) electrons. The van der Waals surface area contributed by atoms with Gasteiger partial charge in [-0.3, -0.25) is 9.05 Å². The summed E-state index contributed by atoms with van der Waals surface area (Å²) in [5.41, 5.74) is -0.178. The van der Waals surface area contributed by atoms with Gasteiger partial charge in [-0.05, 0) is 18.1 Å². The SMILES string of the molecule is CC(C)C1OP(=O)(Oc2ccccc2)OCC1(C)C. The molecule has 2 atom stereocenters. The van der Waals surface area contributed by atoms with Crippen LogP contribution in [0.5, 0.6) is 5.75 Å². The minimum atomic E-state index is -3.53. The van der Waals surface area contributed by atoms with Gasteiger partial charge in [-0.2, -0.15) is 0 Å². The van der Waals surface area contributed by atoms with Crippen molar-refractivity contribution < 1.29 is 18.1 Å². The second-order valence-electron chi connectivity index (χ2n) is 5.88. The molecular formula is C14H21O4P. The van der Waals surface area contributed by atoms with Gasteiger partial charge in [0.05, 0.1) is 12.7 Å². The molecule has 0 aliphatic carbocycles. The summed E-state index contributed by atoms with van der Waals surface area (Å²) in [5, 5.41) is 0. The third-order valence-electron chi connectivity index (χ3n) is 3.17. The van der Waals surface area contributed by atoms with Crippen molar-refractivity contribution in [1.29, 1.82) is 0 Å². The molecule has 4 nitrogen and oxygen atoms in total. The van der Waals surface area contributed by atoms with Crippen LogP contribution >= 0.6 is 7.82 Å². The second-order valence-corrected chi connectivity index (χ2v) is 7.43. The lowest BCUT2D eigenvalue weighted by molar-refractivity contribution is -0.0635. The van der Waals surface area contributed by atoms with E-state index >= 15 is 0 Å². The van der Waals surface area contributed by atoms with E-state index in [1.54, 1.807) is 12.1 Å². The van der Waals surface area contributed by atoms with Gasteiger partial charge in [-0.25, -0.2) is 4.57 Å². The van der Waals surface area contributed by atoms with Crippen molar-refractivity contribution in [3.8, 4) is 5.75 Å². The second kappa shape index (κ2) is 5.28. The van der Waals surface area contributed by atoms with Crippen molar-refractivity contribution in [2.75, 3.05) is 6.61 Å². The van der Waals surface area contributed by atoms with Gasteiger partial charge in [-0.1, -0.05) is 45.9 Å². The zero-order chi connectivity index (χ0) is 14.1. The first-order chi connectivity index (χ1) is 8.82. The third-order valence-corrected chi connectivity index (χ3v) is 4.54. The first kappa shape index (κ1) is 14.6. The molecule has 2 rings (SSSR count). The molecule has 1 saturated heterocycles. The first-order valence-corrected chi connectivity index (χ1v) is 7.96. The van der Waals surface area contributed by atoms with Crippen molar-refractivity contribution in [2.45, 2.75) is 33.8 Å². The van der Waals surface area contributed by atoms with E-state index in [2.05, 4.69) is 0 Å². The van der Waals surface area contributed by atoms with Crippen molar-refractivity contribution in [1.82, 2.24) is 0 Å². The molecule has 1 aliphatic heterocycles. The average molecular weight is 284 g/mol. The smallest absolute Gasteiger partial charge is 0.404 e. The van der Waals surface area contributed by atoms with Crippen LogP contribution in [-0.4, -0.2) is 12.7 Å². The van der Waals surface area contributed by atoms with Crippen LogP contribution in [0.3, 0.4) is 0 Å². The average Bonchev–Trinajstić information content (AvgIpc) is 2.34. The van der Waals surface area contributed by atoms with Crippen molar-refractivity contribution in [3.05, 3.63) is 30.3 Å². The standard InChI is InChI=1S/C14H21O4P/c1-11(2)13-14(3,4)10-16-19(15,18-13)17-12-8-6-5-7-9-12/h5-9,11,13H,10H2,1-4H3. The molecule has 5 heteroatoms. The Hall–Kier alpha value is -0.830. The van der Waals surface area contributed by atoms with Crippen LogP contribution in [-0.2, 0) is 13.6 Å². The van der Waals surface area contributed by atoms with Crippen LogP contribution < -0.4 is 4.52 Å². The Morgan fingerprint density at radius 3 is 2.53 bits per heavy atom. The summed E-state index contributed by atoms with van der Waals surface area (Å²) in [6.45, 7) is 8.54. The van der Waals surface area contributed by atoms with Gasteiger partial charge >= 0.3 is 7.82 Å². The maximum Gasteiger partial charge on any atom is 0.530 e. The number of hydrogen-bond acceptors (Lipinski definition) is 4. The highest BCUT2D eigenvalue weighted by atomic mass is 31.2. The van der Waals surface area contributed by atoms with Crippen LogP contribution in [0, 0.1) is 11.3 Å². The zero-order valence-corrected chi connectivity index (χ0v) is 12.7. The summed E-state index contributed by atoms with van der Waals surface area (Å²) in [6.07, 6.45) is -0.157. The van der Waals surface area contributed by atoms with E-state index in [-0.39, 0.29) is 17.4 Å². The third kappa shape index (κ3) is 3.38. The van der Waals surface area contributed by atoms with Crippen LogP contribution in [0.1, 0.15) is 27.7 Å². The Bertz CT molecular complexity index is 470. The zero-order valence-electron chi connectivity index (χ0n) is 11.8. The van der Waals surface area contributed by atoms with E-state index in [0.717, 1.165) is 0 Å². The van der Waals surface area contributed by atoms with Gasteiger partial charge in [0, 0.05) is 5.41 Å². The van der Waals surface area contributed by atoms with Crippen molar-refractivity contribution in [2.24, 2.45) is 11.3 Å². The van der Waals surface area contributed by atoms with Crippen molar-refractivity contribution in [3.63, 3.8) is 0 Å². The molecule has 2 unspecified atom stereocenters. The van der Waals surface area contributed by atoms with E-state index in [1.165, 1.54) is 0 Å². The summed E-state index contributed by atoms with van der Waals surface area (Å²) < 4.78 is 29.0. The van der Waals surface area contributed by atoms with Crippen LogP contribution in [0.4, 0.5) is 0 Å². The molecule has 1 heterocycles. The van der Waals surface area contributed by atoms with Gasteiger partial charge in [0.2, 0.25) is 0 Å². The molecule has 1 aromatic carbocycles. The van der Waals surface area contributed by atoms with Crippen LogP contribution in [0.25, 0.3) is 0 Å². The maximum absolute atomic E-state index is 12.5. The minimum absolute atomic E-state index is 0.157. The Labute approximate surface area is 114 Å². The first-order valence-electron chi connectivity index (χ1n) is 6.50. The largest absolute Gasteiger partial charge is 0.530 e. The quantitative estimate of drug-likeness (QED) is 0.777. The molecule has 1 fully saturated rings. The fourth-order valence-corrected chi connectivity index (χ4v) is 4.16. The Morgan fingerprint density at radius 2 is 1.95 bits per heavy atom. The molecule has 0 N–H and O–H groups in total. The number of para-hydroxylation sites is 1. The molecule has 0 spiro atoms. The maximum atomic E-state index is 12.5. The molecular weight excluding hydrogens is 263 g/mol. The summed E-state index contributed by atoms with van der Waals surface area (Å²) in [7, 11) is -3.53. The van der Waals surface area contributed by atoms with Gasteiger partial charge in [0.1, 0.15) is 5.75 Å². The minimum Gasteiger partial charge on any atom is -0.404 e. The lowest BCUT2D eigenvalue weighted by Gasteiger charge is -2.42. The fraction of sp³-hybridized carbons (Fsp3) is 0.571. The summed E-state index contributed by atoms with van der Waals surface area (Å²) in [5.74, 6) is 0.736. The summed E-state index contributed by atoms with van der Waals surface area (Å²) in [4.78, 5) is 0. The fourth-order valence-electron chi connectivity index (χ4n) is 2.32. The highest BCUT2D eigenvalue weighted by molar-refractivity contribution is 7.49. The van der Waals surface area contributed by atoms with E-state index in [9.17, 15) is 4.57 Å². The van der Waals surface area contributed by atoms with Gasteiger partial charge in [0.15, 0.2) is 0 Å². The number of hydrogen-bond donors (Lipinski definition) is 0. The normalized spacial score (nSPS) is 30.3. The lowest BCUT2D eigenvalue weighted by atomic mass is 9.81. The van der Waals surface area contributed by atoms with Crippen LogP contribution in [0.15, 0.2) is 30.3 Å². The lowest BCUT2D eigenvalue weighted by Crippen LogP contribution is -2.43. The van der Waals surface area contributed by atoms with E-state index in [4.69, 9.17) is 13.6 Å². The number of phosphoric acid groups is 1. The van der Waals surface area contributed by atoms with Crippen LogP contribution in [0.2, 0.25) is 0 Å². The Morgan fingerprint density at radius 1 is 1.32 bits per heavy atom. The number of benzene rings is 1. The van der Waals surface area contributed by atoms with Gasteiger partial charge < -0.3 is 4.52 Å². The van der Waals surface area contributed by atoms with E-state index < -0.39 is 7.82 Å². The number of phosphoric ester groups is 1. The van der Waals surface area contributed by atoms with Crippen molar-refractivity contribution >= 4 is 7.82 Å². The molecule has 1 aromatic rings. The summed E-state index contributed by atoms with van der Waals surface area (Å²) in [6, 6.07) is 8.96. The molecule has 19 heavy (non-hydrogen) atoms. The predicted molar refractivity (Wildman–Crippen MR) is 74.1 cm³/mol. The summed E-state index contributed by atoms with van der Waals surface area (Å²) >= 11 is 0. The topological polar surface area (TPSA) is 44.8 Å². The highest BCUT2D eigenvalue weighted by Crippen LogP contribution is 2.57. The van der Waals surface area contributed by atoms with E-state index in [1.807, 2.05) is 45.9 Å². The molecule has 0 amide bonds. The highest BCUT2D eigenvalue weighted by Gasteiger charge is 2.47. The van der Waals surface area contributed by atoms with Gasteiger partial charge in [0.25, 0.3) is 0 Å².